The first-order chi connectivity index (χ1) is 13.2. The van der Waals surface area contributed by atoms with Crippen molar-refractivity contribution in [1.82, 2.24) is 14.7 Å². The number of rotatable bonds is 5. The number of carbonyl (C=O) groups excluding carboxylic acids is 2. The average Bonchev–Trinajstić information content (AvgIpc) is 3.03. The van der Waals surface area contributed by atoms with Gasteiger partial charge in [-0.2, -0.15) is 5.10 Å². The van der Waals surface area contributed by atoms with Crippen LogP contribution < -0.4 is 5.32 Å². The number of aromatic nitrogens is 2. The normalized spacial score (nSPS) is 16.1. The Kier molecular flexibility index (Phi) is 5.98. The molecule has 1 fully saturated rings. The lowest BCUT2D eigenvalue weighted by atomic mass is 9.89. The molecule has 0 bridgehead atoms. The van der Waals surface area contributed by atoms with Crippen molar-refractivity contribution >= 4 is 17.5 Å². The maximum absolute atomic E-state index is 12.6. The lowest BCUT2D eigenvalue weighted by Crippen LogP contribution is -2.41. The lowest BCUT2D eigenvalue weighted by molar-refractivity contribution is -0.117. The summed E-state index contributed by atoms with van der Waals surface area (Å²) in [7, 11) is 0. The Labute approximate surface area is 166 Å². The van der Waals surface area contributed by atoms with Gasteiger partial charge in [0.25, 0.3) is 0 Å². The Morgan fingerprint density at radius 3 is 2.39 bits per heavy atom. The number of piperidine rings is 1. The van der Waals surface area contributed by atoms with Crippen molar-refractivity contribution in [3.05, 3.63) is 47.7 Å². The number of benzene rings is 1. The van der Waals surface area contributed by atoms with Gasteiger partial charge in [0.2, 0.25) is 5.91 Å². The lowest BCUT2D eigenvalue weighted by Gasteiger charge is -2.31. The number of nitrogens with one attached hydrogen (secondary N) is 1. The summed E-state index contributed by atoms with van der Waals surface area (Å²) < 4.78 is 1.85. The number of aryl methyl sites for hydroxylation is 1. The summed E-state index contributed by atoms with van der Waals surface area (Å²) in [6, 6.07) is 11.4. The van der Waals surface area contributed by atoms with Crippen LogP contribution in [0.4, 0.5) is 5.82 Å². The summed E-state index contributed by atoms with van der Waals surface area (Å²) in [5.74, 6) is 0.948. The zero-order valence-electron chi connectivity index (χ0n) is 17.2. The Hall–Kier alpha value is -2.47. The third-order valence-electron chi connectivity index (χ3n) is 5.12. The second-order valence-corrected chi connectivity index (χ2v) is 8.58. The summed E-state index contributed by atoms with van der Waals surface area (Å²) in [4.78, 5) is 27.3. The number of nitrogens with zero attached hydrogens (tertiary/aromatic N) is 3. The van der Waals surface area contributed by atoms with E-state index in [2.05, 4.69) is 36.1 Å². The Morgan fingerprint density at radius 1 is 1.14 bits per heavy atom. The van der Waals surface area contributed by atoms with E-state index < -0.39 is 0 Å². The zero-order valence-corrected chi connectivity index (χ0v) is 17.2. The summed E-state index contributed by atoms with van der Waals surface area (Å²) >= 11 is 0. The molecule has 3 rings (SSSR count). The van der Waals surface area contributed by atoms with Crippen molar-refractivity contribution in [2.45, 2.75) is 46.1 Å². The van der Waals surface area contributed by atoms with E-state index in [1.165, 1.54) is 0 Å². The molecule has 0 unspecified atom stereocenters. The van der Waals surface area contributed by atoms with Crippen LogP contribution in [0, 0.1) is 12.8 Å². The van der Waals surface area contributed by atoms with Crippen molar-refractivity contribution < 1.29 is 9.59 Å². The molecule has 150 valence electrons. The number of ketones is 1. The van der Waals surface area contributed by atoms with Gasteiger partial charge in [-0.15, -0.1) is 0 Å². The van der Waals surface area contributed by atoms with E-state index in [1.807, 2.05) is 48.0 Å². The fraction of sp³-hybridized carbons (Fsp3) is 0.500. The first kappa shape index (κ1) is 20.3. The summed E-state index contributed by atoms with van der Waals surface area (Å²) in [6.45, 7) is 9.95. The number of hydrogen-bond acceptors (Lipinski definition) is 4. The average molecular weight is 383 g/mol. The van der Waals surface area contributed by atoms with Crippen LogP contribution >= 0.6 is 0 Å². The van der Waals surface area contributed by atoms with E-state index >= 15 is 0 Å². The van der Waals surface area contributed by atoms with Crippen molar-refractivity contribution in [2.75, 3.05) is 25.0 Å². The van der Waals surface area contributed by atoms with Gasteiger partial charge >= 0.3 is 0 Å². The van der Waals surface area contributed by atoms with Gasteiger partial charge in [0.15, 0.2) is 5.78 Å². The van der Waals surface area contributed by atoms with E-state index in [0.29, 0.717) is 6.54 Å². The van der Waals surface area contributed by atoms with E-state index in [0.717, 1.165) is 43.0 Å². The van der Waals surface area contributed by atoms with Crippen LogP contribution in [0.2, 0.25) is 0 Å². The molecule has 6 heteroatoms. The van der Waals surface area contributed by atoms with Gasteiger partial charge < -0.3 is 5.32 Å². The second-order valence-electron chi connectivity index (χ2n) is 8.58. The van der Waals surface area contributed by atoms with Crippen LogP contribution in [-0.4, -0.2) is 46.0 Å². The topological polar surface area (TPSA) is 67.2 Å². The predicted octanol–water partition coefficient (Wildman–Crippen LogP) is 3.48. The summed E-state index contributed by atoms with van der Waals surface area (Å²) in [5.41, 5.74) is 1.46. The number of anilines is 1. The summed E-state index contributed by atoms with van der Waals surface area (Å²) in [5, 5.41) is 7.49. The van der Waals surface area contributed by atoms with Crippen molar-refractivity contribution in [2.24, 2.45) is 5.92 Å². The highest BCUT2D eigenvalue weighted by Crippen LogP contribution is 2.23. The molecule has 1 saturated heterocycles. The second kappa shape index (κ2) is 8.27. The molecular weight excluding hydrogens is 352 g/mol. The molecule has 1 aliphatic heterocycles. The Bertz CT molecular complexity index is 828. The van der Waals surface area contributed by atoms with Gasteiger partial charge in [0, 0.05) is 17.5 Å². The van der Waals surface area contributed by atoms with Crippen molar-refractivity contribution in [1.29, 1.82) is 0 Å². The first-order valence-electron chi connectivity index (χ1n) is 9.92. The van der Waals surface area contributed by atoms with E-state index in [-0.39, 0.29) is 23.1 Å². The number of amides is 1. The van der Waals surface area contributed by atoms with E-state index in [1.54, 1.807) is 0 Å². The quantitative estimate of drug-likeness (QED) is 0.804. The molecule has 28 heavy (non-hydrogen) atoms. The Morgan fingerprint density at radius 2 is 1.79 bits per heavy atom. The molecule has 0 saturated carbocycles. The molecule has 6 nitrogen and oxygen atoms in total. The fourth-order valence-electron chi connectivity index (χ4n) is 3.68. The highest BCUT2D eigenvalue weighted by Gasteiger charge is 2.27. The molecule has 1 aliphatic rings. The maximum Gasteiger partial charge on any atom is 0.239 e. The molecule has 0 radical (unpaired) electrons. The third-order valence-corrected chi connectivity index (χ3v) is 5.12. The fourth-order valence-corrected chi connectivity index (χ4v) is 3.68. The molecule has 1 N–H and O–H groups in total. The van der Waals surface area contributed by atoms with Crippen LogP contribution in [0.3, 0.4) is 0 Å². The Balaban J connectivity index is 1.53. The zero-order chi connectivity index (χ0) is 20.3. The number of carbonyl (C=O) groups is 2. The number of hydrogen-bond donors (Lipinski definition) is 1. The summed E-state index contributed by atoms with van der Waals surface area (Å²) in [6.07, 6.45) is 1.58. The maximum atomic E-state index is 12.6. The minimum absolute atomic E-state index is 0.0433. The highest BCUT2D eigenvalue weighted by atomic mass is 16.2. The standard InChI is InChI=1S/C22H30N4O2/c1-16-14-19(26(24-16)22(2,3)4)23-20(27)15-25-12-10-18(11-13-25)21(28)17-8-6-5-7-9-17/h5-9,14,18H,10-13,15H2,1-4H3,(H,23,27). The van der Waals surface area contributed by atoms with Gasteiger partial charge in [0.1, 0.15) is 5.82 Å². The molecule has 1 amide bonds. The molecule has 0 spiro atoms. The van der Waals surface area contributed by atoms with Crippen molar-refractivity contribution in [3.63, 3.8) is 0 Å². The molecule has 1 aromatic carbocycles. The molecule has 2 aromatic rings. The van der Waals surface area contributed by atoms with Gasteiger partial charge in [-0.1, -0.05) is 30.3 Å². The van der Waals surface area contributed by atoms with Gasteiger partial charge in [-0.3, -0.25) is 14.5 Å². The van der Waals surface area contributed by atoms with Crippen LogP contribution in [0.1, 0.15) is 49.7 Å². The minimum Gasteiger partial charge on any atom is -0.310 e. The monoisotopic (exact) mass is 382 g/mol. The highest BCUT2D eigenvalue weighted by molar-refractivity contribution is 5.98. The number of Topliss-reactive ketones (excluding diaryl/α,β-unsaturated/α-hetero) is 1. The minimum atomic E-state index is -0.201. The molecule has 2 heterocycles. The van der Waals surface area contributed by atoms with Crippen LogP contribution in [-0.2, 0) is 10.3 Å². The van der Waals surface area contributed by atoms with Crippen LogP contribution in [0.25, 0.3) is 0 Å². The molecular formula is C22H30N4O2. The van der Waals surface area contributed by atoms with Crippen molar-refractivity contribution in [3.8, 4) is 0 Å². The molecule has 0 atom stereocenters. The third kappa shape index (κ3) is 4.87. The SMILES string of the molecule is Cc1cc(NC(=O)CN2CCC(C(=O)c3ccccc3)CC2)n(C(C)(C)C)n1. The van der Waals surface area contributed by atoms with Gasteiger partial charge in [-0.25, -0.2) is 4.68 Å². The van der Waals surface area contributed by atoms with E-state index in [4.69, 9.17) is 0 Å². The molecule has 1 aromatic heterocycles. The van der Waals surface area contributed by atoms with Crippen LogP contribution in [0.15, 0.2) is 36.4 Å². The largest absolute Gasteiger partial charge is 0.310 e. The molecule has 0 aliphatic carbocycles. The van der Waals surface area contributed by atoms with Crippen LogP contribution in [0.5, 0.6) is 0 Å². The van der Waals surface area contributed by atoms with Gasteiger partial charge in [-0.05, 0) is 53.6 Å². The number of likely N-dealkylation sites (tertiary alicyclic amines) is 1. The van der Waals surface area contributed by atoms with Gasteiger partial charge in [0.05, 0.1) is 17.8 Å². The first-order valence-corrected chi connectivity index (χ1v) is 9.92. The predicted molar refractivity (Wildman–Crippen MR) is 111 cm³/mol. The van der Waals surface area contributed by atoms with E-state index in [9.17, 15) is 9.59 Å². The smallest absolute Gasteiger partial charge is 0.239 e.